The zero-order valence-electron chi connectivity index (χ0n) is 18.3. The number of nitrogens with one attached hydrogen (secondary N) is 2. The highest BCUT2D eigenvalue weighted by Gasteiger charge is 2.14. The van der Waals surface area contributed by atoms with Crippen molar-refractivity contribution in [2.24, 2.45) is 12.0 Å². The summed E-state index contributed by atoms with van der Waals surface area (Å²) in [6.45, 7) is 11.8. The third kappa shape index (κ3) is 6.37. The number of aryl methyl sites for hydroxylation is 2. The molecule has 1 aromatic heterocycles. The summed E-state index contributed by atoms with van der Waals surface area (Å²) < 4.78 is 7.59. The van der Waals surface area contributed by atoms with Gasteiger partial charge in [-0.25, -0.2) is 0 Å². The molecule has 28 heavy (non-hydrogen) atoms. The molecule has 6 heteroatoms. The van der Waals surface area contributed by atoms with Gasteiger partial charge in [-0.1, -0.05) is 24.3 Å². The molecule has 1 heterocycles. The van der Waals surface area contributed by atoms with E-state index in [4.69, 9.17) is 4.74 Å². The second-order valence-electron chi connectivity index (χ2n) is 7.62. The van der Waals surface area contributed by atoms with E-state index < -0.39 is 0 Å². The average molecular weight is 386 g/mol. The van der Waals surface area contributed by atoms with Crippen molar-refractivity contribution in [1.82, 2.24) is 20.4 Å². The summed E-state index contributed by atoms with van der Waals surface area (Å²) in [6, 6.07) is 8.75. The number of hydrogen-bond donors (Lipinski definition) is 2. The molecule has 0 bridgehead atoms. The van der Waals surface area contributed by atoms with E-state index in [0.29, 0.717) is 6.61 Å². The number of guanidine groups is 1. The molecule has 0 fully saturated rings. The quantitative estimate of drug-likeness (QED) is 0.541. The monoisotopic (exact) mass is 385 g/mol. The van der Waals surface area contributed by atoms with Crippen molar-refractivity contribution < 1.29 is 4.74 Å². The van der Waals surface area contributed by atoms with E-state index in [1.807, 2.05) is 11.7 Å². The van der Waals surface area contributed by atoms with Gasteiger partial charge in [0.25, 0.3) is 0 Å². The standard InChI is InChI=1S/C22H35N5O/c1-15(2)28-14-20-10-8-19(9-11-20)13-24-22(23-6)25-16(3)12-21-17(4)26-27(7)18(21)5/h8-11,15-16H,12-14H2,1-7H3,(H2,23,24,25). The van der Waals surface area contributed by atoms with E-state index in [1.165, 1.54) is 22.4 Å². The fourth-order valence-electron chi connectivity index (χ4n) is 3.10. The van der Waals surface area contributed by atoms with Gasteiger partial charge in [0.15, 0.2) is 5.96 Å². The van der Waals surface area contributed by atoms with Crippen molar-refractivity contribution in [3.05, 3.63) is 52.3 Å². The first-order valence-electron chi connectivity index (χ1n) is 9.95. The van der Waals surface area contributed by atoms with Crippen LogP contribution in [0.2, 0.25) is 0 Å². The summed E-state index contributed by atoms with van der Waals surface area (Å²) >= 11 is 0. The van der Waals surface area contributed by atoms with Gasteiger partial charge in [0.1, 0.15) is 0 Å². The predicted octanol–water partition coefficient (Wildman–Crippen LogP) is 3.26. The smallest absolute Gasteiger partial charge is 0.191 e. The van der Waals surface area contributed by atoms with Crippen LogP contribution in [0.4, 0.5) is 0 Å². The van der Waals surface area contributed by atoms with Crippen LogP contribution < -0.4 is 10.6 Å². The van der Waals surface area contributed by atoms with Crippen LogP contribution in [0.5, 0.6) is 0 Å². The van der Waals surface area contributed by atoms with Crippen LogP contribution in [0, 0.1) is 13.8 Å². The summed E-state index contributed by atoms with van der Waals surface area (Å²) in [4.78, 5) is 4.35. The number of ether oxygens (including phenoxy) is 1. The Morgan fingerprint density at radius 3 is 2.32 bits per heavy atom. The molecule has 0 saturated heterocycles. The van der Waals surface area contributed by atoms with E-state index in [9.17, 15) is 0 Å². The second-order valence-corrected chi connectivity index (χ2v) is 7.62. The molecule has 2 aromatic rings. The fourth-order valence-corrected chi connectivity index (χ4v) is 3.10. The Balaban J connectivity index is 1.85. The zero-order chi connectivity index (χ0) is 20.7. The highest BCUT2D eigenvalue weighted by Crippen LogP contribution is 2.14. The third-order valence-corrected chi connectivity index (χ3v) is 4.84. The van der Waals surface area contributed by atoms with Gasteiger partial charge in [0.2, 0.25) is 0 Å². The lowest BCUT2D eigenvalue weighted by molar-refractivity contribution is 0.0657. The molecule has 0 aliphatic heterocycles. The van der Waals surface area contributed by atoms with Gasteiger partial charge >= 0.3 is 0 Å². The van der Waals surface area contributed by atoms with Crippen LogP contribution in [0.1, 0.15) is 48.8 Å². The number of rotatable bonds is 8. The Bertz CT molecular complexity index is 777. The maximum absolute atomic E-state index is 5.64. The van der Waals surface area contributed by atoms with Crippen LogP contribution in [0.25, 0.3) is 0 Å². The highest BCUT2D eigenvalue weighted by atomic mass is 16.5. The maximum atomic E-state index is 5.64. The molecule has 154 valence electrons. The number of hydrogen-bond acceptors (Lipinski definition) is 3. The van der Waals surface area contributed by atoms with Gasteiger partial charge in [0.05, 0.1) is 18.4 Å². The van der Waals surface area contributed by atoms with E-state index in [0.717, 1.165) is 24.6 Å². The number of aliphatic imine (C=N–C) groups is 1. The van der Waals surface area contributed by atoms with E-state index >= 15 is 0 Å². The van der Waals surface area contributed by atoms with Crippen molar-refractivity contribution in [2.75, 3.05) is 7.05 Å². The molecule has 0 saturated carbocycles. The molecule has 6 nitrogen and oxygen atoms in total. The first kappa shape index (κ1) is 22.0. The minimum atomic E-state index is 0.247. The molecule has 0 aliphatic rings. The van der Waals surface area contributed by atoms with Crippen LogP contribution in [-0.4, -0.2) is 34.9 Å². The van der Waals surface area contributed by atoms with Crippen molar-refractivity contribution in [3.8, 4) is 0 Å². The maximum Gasteiger partial charge on any atom is 0.191 e. The second kappa shape index (κ2) is 10.3. The normalized spacial score (nSPS) is 13.1. The van der Waals surface area contributed by atoms with Gasteiger partial charge in [-0.3, -0.25) is 9.67 Å². The predicted molar refractivity (Wildman–Crippen MR) is 116 cm³/mol. The fraction of sp³-hybridized carbons (Fsp3) is 0.545. The first-order chi connectivity index (χ1) is 13.3. The molecular formula is C22H35N5O. The van der Waals surface area contributed by atoms with Crippen molar-refractivity contribution in [2.45, 2.75) is 66.3 Å². The van der Waals surface area contributed by atoms with E-state index in [2.05, 4.69) is 79.6 Å². The lowest BCUT2D eigenvalue weighted by Gasteiger charge is -2.18. The lowest BCUT2D eigenvalue weighted by Crippen LogP contribution is -2.42. The summed E-state index contributed by atoms with van der Waals surface area (Å²) in [6.07, 6.45) is 1.16. The number of nitrogens with zero attached hydrogens (tertiary/aromatic N) is 3. The Hall–Kier alpha value is -2.34. The summed E-state index contributed by atoms with van der Waals surface area (Å²) in [5.41, 5.74) is 6.02. The van der Waals surface area contributed by atoms with Crippen LogP contribution >= 0.6 is 0 Å². The third-order valence-electron chi connectivity index (χ3n) is 4.84. The Morgan fingerprint density at radius 1 is 1.14 bits per heavy atom. The number of aromatic nitrogens is 2. The van der Waals surface area contributed by atoms with Crippen LogP contribution in [0.3, 0.4) is 0 Å². The molecule has 1 aromatic carbocycles. The lowest BCUT2D eigenvalue weighted by atomic mass is 10.1. The molecule has 1 atom stereocenters. The molecular weight excluding hydrogens is 350 g/mol. The Morgan fingerprint density at radius 2 is 1.79 bits per heavy atom. The van der Waals surface area contributed by atoms with Crippen LogP contribution in [0.15, 0.2) is 29.3 Å². The summed E-state index contributed by atoms with van der Waals surface area (Å²) in [5, 5.41) is 11.4. The summed E-state index contributed by atoms with van der Waals surface area (Å²) in [5.74, 6) is 0.805. The van der Waals surface area contributed by atoms with Crippen molar-refractivity contribution in [1.29, 1.82) is 0 Å². The number of benzene rings is 1. The molecule has 0 spiro atoms. The first-order valence-corrected chi connectivity index (χ1v) is 9.95. The highest BCUT2D eigenvalue weighted by molar-refractivity contribution is 5.79. The minimum absolute atomic E-state index is 0.247. The average Bonchev–Trinajstić information content (AvgIpc) is 2.90. The summed E-state index contributed by atoms with van der Waals surface area (Å²) in [7, 11) is 3.79. The zero-order valence-corrected chi connectivity index (χ0v) is 18.3. The van der Waals surface area contributed by atoms with E-state index in [1.54, 1.807) is 7.05 Å². The molecule has 0 aliphatic carbocycles. The van der Waals surface area contributed by atoms with Crippen molar-refractivity contribution >= 4 is 5.96 Å². The molecule has 1 unspecified atom stereocenters. The van der Waals surface area contributed by atoms with Gasteiger partial charge in [-0.15, -0.1) is 0 Å². The van der Waals surface area contributed by atoms with Crippen LogP contribution in [-0.2, 0) is 31.4 Å². The Kier molecular flexibility index (Phi) is 8.05. The van der Waals surface area contributed by atoms with Gasteiger partial charge in [-0.2, -0.15) is 5.10 Å². The molecule has 2 rings (SSSR count). The largest absolute Gasteiger partial charge is 0.374 e. The Labute approximate surface area is 169 Å². The van der Waals surface area contributed by atoms with E-state index in [-0.39, 0.29) is 12.1 Å². The van der Waals surface area contributed by atoms with Gasteiger partial charge < -0.3 is 15.4 Å². The topological polar surface area (TPSA) is 63.5 Å². The molecule has 0 radical (unpaired) electrons. The SMILES string of the molecule is CN=C(NCc1ccc(COC(C)C)cc1)NC(C)Cc1c(C)nn(C)c1C. The van der Waals surface area contributed by atoms with Gasteiger partial charge in [0, 0.05) is 32.4 Å². The van der Waals surface area contributed by atoms with Gasteiger partial charge in [-0.05, 0) is 57.7 Å². The van der Waals surface area contributed by atoms with Crippen molar-refractivity contribution in [3.63, 3.8) is 0 Å². The molecule has 2 N–H and O–H groups in total. The minimum Gasteiger partial charge on any atom is -0.374 e. The molecule has 0 amide bonds.